The molecule has 1 N–H and O–H groups in total. The molecule has 0 amide bonds. The number of methoxy groups -OCH3 is 1. The Bertz CT molecular complexity index is 655. The van der Waals surface area contributed by atoms with Gasteiger partial charge < -0.3 is 14.5 Å². The van der Waals surface area contributed by atoms with Crippen LogP contribution in [0.1, 0.15) is 77.6 Å². The molecule has 2 rings (SSSR count). The number of hydrogen-bond donors (Lipinski definition) is 1. The highest BCUT2D eigenvalue weighted by molar-refractivity contribution is 6.03. The Labute approximate surface area is 148 Å². The quantitative estimate of drug-likeness (QED) is 0.627. The van der Waals surface area contributed by atoms with Gasteiger partial charge in [0.05, 0.1) is 18.4 Å². The molecule has 1 heterocycles. The topological polar surface area (TPSA) is 85.5 Å². The van der Waals surface area contributed by atoms with E-state index in [4.69, 9.17) is 9.47 Å². The lowest BCUT2D eigenvalue weighted by Crippen LogP contribution is -2.26. The van der Waals surface area contributed by atoms with Crippen molar-refractivity contribution < 1.29 is 23.9 Å². The van der Waals surface area contributed by atoms with Crippen LogP contribution in [0.5, 0.6) is 0 Å². The number of ketones is 1. The van der Waals surface area contributed by atoms with Crippen molar-refractivity contribution in [3.63, 3.8) is 0 Å². The number of Topliss-reactive ketones (excluding diaryl/α,β-unsaturated/α-hetero) is 1. The molecule has 6 heteroatoms. The highest BCUT2D eigenvalue weighted by Crippen LogP contribution is 2.27. The second kappa shape index (κ2) is 8.32. The van der Waals surface area contributed by atoms with Crippen LogP contribution in [0.4, 0.5) is 0 Å². The SMILES string of the molecule is COC(=O)c1c(C)[nH]c(C(=O)C(C)OC(=O)CC2CCCCC2)c1C. The first-order chi connectivity index (χ1) is 11.8. The van der Waals surface area contributed by atoms with Crippen LogP contribution in [0, 0.1) is 19.8 Å². The molecule has 1 aliphatic rings. The van der Waals surface area contributed by atoms with E-state index in [9.17, 15) is 14.4 Å². The summed E-state index contributed by atoms with van der Waals surface area (Å²) >= 11 is 0. The number of aromatic nitrogens is 1. The summed E-state index contributed by atoms with van der Waals surface area (Å²) in [7, 11) is 1.30. The molecule has 0 spiro atoms. The van der Waals surface area contributed by atoms with E-state index in [0.717, 1.165) is 25.7 Å². The van der Waals surface area contributed by atoms with Crippen molar-refractivity contribution in [3.8, 4) is 0 Å². The smallest absolute Gasteiger partial charge is 0.339 e. The van der Waals surface area contributed by atoms with Crippen LogP contribution in [0.3, 0.4) is 0 Å². The predicted octanol–water partition coefficient (Wildman–Crippen LogP) is 3.50. The molecule has 0 aromatic carbocycles. The third-order valence-corrected chi connectivity index (χ3v) is 4.93. The molecule has 1 aromatic heterocycles. The Morgan fingerprint density at radius 1 is 1.16 bits per heavy atom. The van der Waals surface area contributed by atoms with Crippen LogP contribution < -0.4 is 0 Å². The zero-order chi connectivity index (χ0) is 18.6. The van der Waals surface area contributed by atoms with Crippen molar-refractivity contribution in [1.29, 1.82) is 0 Å². The van der Waals surface area contributed by atoms with Gasteiger partial charge in [-0.15, -0.1) is 0 Å². The van der Waals surface area contributed by atoms with Crippen LogP contribution in [0.25, 0.3) is 0 Å². The summed E-state index contributed by atoms with van der Waals surface area (Å²) in [5, 5.41) is 0. The highest BCUT2D eigenvalue weighted by Gasteiger charge is 2.28. The molecule has 0 radical (unpaired) electrons. The number of rotatable bonds is 6. The van der Waals surface area contributed by atoms with E-state index in [1.54, 1.807) is 20.8 Å². The van der Waals surface area contributed by atoms with Crippen molar-refractivity contribution in [3.05, 3.63) is 22.5 Å². The minimum atomic E-state index is -0.890. The van der Waals surface area contributed by atoms with E-state index in [0.29, 0.717) is 29.2 Å². The zero-order valence-corrected chi connectivity index (χ0v) is 15.4. The fourth-order valence-corrected chi connectivity index (χ4v) is 3.53. The molecule has 1 aromatic rings. The van der Waals surface area contributed by atoms with E-state index in [2.05, 4.69) is 4.98 Å². The fourth-order valence-electron chi connectivity index (χ4n) is 3.53. The lowest BCUT2D eigenvalue weighted by atomic mass is 9.87. The average Bonchev–Trinajstić information content (AvgIpc) is 2.88. The first-order valence-corrected chi connectivity index (χ1v) is 8.86. The van der Waals surface area contributed by atoms with E-state index in [-0.39, 0.29) is 17.4 Å². The molecule has 6 nitrogen and oxygen atoms in total. The molecule has 0 aliphatic heterocycles. The minimum absolute atomic E-state index is 0.288. The normalized spacial score (nSPS) is 16.3. The molecular formula is C19H27NO5. The van der Waals surface area contributed by atoms with Gasteiger partial charge in [0.25, 0.3) is 0 Å². The summed E-state index contributed by atoms with van der Waals surface area (Å²) < 4.78 is 10.1. The maximum absolute atomic E-state index is 12.6. The predicted molar refractivity (Wildman–Crippen MR) is 92.7 cm³/mol. The van der Waals surface area contributed by atoms with Gasteiger partial charge in [-0.1, -0.05) is 19.3 Å². The summed E-state index contributed by atoms with van der Waals surface area (Å²) in [5.74, 6) is -0.800. The summed E-state index contributed by atoms with van der Waals surface area (Å²) in [6.07, 6.45) is 5.12. The number of aryl methyl sites for hydroxylation is 1. The monoisotopic (exact) mass is 349 g/mol. The van der Waals surface area contributed by atoms with Crippen molar-refractivity contribution in [1.82, 2.24) is 4.98 Å². The number of hydrogen-bond acceptors (Lipinski definition) is 5. The van der Waals surface area contributed by atoms with Gasteiger partial charge in [-0.3, -0.25) is 9.59 Å². The summed E-state index contributed by atoms with van der Waals surface area (Å²) in [6, 6.07) is 0. The second-order valence-corrected chi connectivity index (χ2v) is 6.82. The standard InChI is InChI=1S/C19H27NO5/c1-11-16(19(23)24-4)12(2)20-17(11)18(22)13(3)25-15(21)10-14-8-6-5-7-9-14/h13-14,20H,5-10H2,1-4H3. The van der Waals surface area contributed by atoms with Gasteiger partial charge in [0.1, 0.15) is 0 Å². The average molecular weight is 349 g/mol. The van der Waals surface area contributed by atoms with E-state index >= 15 is 0 Å². The van der Waals surface area contributed by atoms with Crippen molar-refractivity contribution in [2.45, 2.75) is 65.4 Å². The van der Waals surface area contributed by atoms with Crippen LogP contribution >= 0.6 is 0 Å². The lowest BCUT2D eigenvalue weighted by Gasteiger charge is -2.21. The fraction of sp³-hybridized carbons (Fsp3) is 0.632. The van der Waals surface area contributed by atoms with Crippen molar-refractivity contribution >= 4 is 17.7 Å². The third kappa shape index (κ3) is 4.50. The number of H-pyrrole nitrogens is 1. The molecule has 1 atom stereocenters. The largest absolute Gasteiger partial charge is 0.465 e. The first kappa shape index (κ1) is 19.2. The van der Waals surface area contributed by atoms with Crippen molar-refractivity contribution in [2.24, 2.45) is 5.92 Å². The van der Waals surface area contributed by atoms with Crippen LogP contribution in [-0.4, -0.2) is 35.9 Å². The number of nitrogens with one attached hydrogen (secondary N) is 1. The molecule has 1 unspecified atom stereocenters. The van der Waals surface area contributed by atoms with Gasteiger partial charge >= 0.3 is 11.9 Å². The summed E-state index contributed by atoms with van der Waals surface area (Å²) in [5.41, 5.74) is 1.72. The van der Waals surface area contributed by atoms with Gasteiger partial charge in [-0.05, 0) is 45.1 Å². The Morgan fingerprint density at radius 3 is 2.40 bits per heavy atom. The Balaban J connectivity index is 2.02. The van der Waals surface area contributed by atoms with E-state index < -0.39 is 12.1 Å². The van der Waals surface area contributed by atoms with E-state index in [1.165, 1.54) is 13.5 Å². The number of esters is 2. The first-order valence-electron chi connectivity index (χ1n) is 8.86. The van der Waals surface area contributed by atoms with E-state index in [1.807, 2.05) is 0 Å². The third-order valence-electron chi connectivity index (χ3n) is 4.93. The molecule has 1 saturated carbocycles. The molecule has 1 aliphatic carbocycles. The number of aromatic amines is 1. The van der Waals surface area contributed by atoms with Crippen LogP contribution in [0.2, 0.25) is 0 Å². The Hall–Kier alpha value is -2.11. The molecule has 0 bridgehead atoms. The lowest BCUT2D eigenvalue weighted by molar-refractivity contribution is -0.147. The number of carbonyl (C=O) groups excluding carboxylic acids is 3. The van der Waals surface area contributed by atoms with Gasteiger partial charge in [-0.25, -0.2) is 4.79 Å². The number of carbonyl (C=O) groups is 3. The van der Waals surface area contributed by atoms with Gasteiger partial charge in [0, 0.05) is 12.1 Å². The van der Waals surface area contributed by atoms with Crippen molar-refractivity contribution in [2.75, 3.05) is 7.11 Å². The van der Waals surface area contributed by atoms with Gasteiger partial charge in [0.15, 0.2) is 6.10 Å². The highest BCUT2D eigenvalue weighted by atomic mass is 16.5. The van der Waals surface area contributed by atoms with Crippen LogP contribution in [-0.2, 0) is 14.3 Å². The molecule has 25 heavy (non-hydrogen) atoms. The Kier molecular flexibility index (Phi) is 6.39. The maximum Gasteiger partial charge on any atom is 0.339 e. The second-order valence-electron chi connectivity index (χ2n) is 6.82. The number of ether oxygens (including phenoxy) is 2. The zero-order valence-electron chi connectivity index (χ0n) is 15.4. The van der Waals surface area contributed by atoms with Gasteiger partial charge in [0.2, 0.25) is 5.78 Å². The van der Waals surface area contributed by atoms with Crippen LogP contribution in [0.15, 0.2) is 0 Å². The Morgan fingerprint density at radius 2 is 1.80 bits per heavy atom. The van der Waals surface area contributed by atoms with Gasteiger partial charge in [-0.2, -0.15) is 0 Å². The molecule has 1 fully saturated rings. The molecular weight excluding hydrogens is 322 g/mol. The minimum Gasteiger partial charge on any atom is -0.465 e. The summed E-state index contributed by atoms with van der Waals surface area (Å²) in [4.78, 5) is 39.5. The molecule has 0 saturated heterocycles. The maximum atomic E-state index is 12.6. The molecule has 138 valence electrons. The summed E-state index contributed by atoms with van der Waals surface area (Å²) in [6.45, 7) is 4.95.